The largest absolute Gasteiger partial charge is 0.364 e. The van der Waals surface area contributed by atoms with E-state index in [4.69, 9.17) is 4.74 Å². The molecule has 0 aromatic rings. The van der Waals surface area contributed by atoms with Crippen molar-refractivity contribution in [3.63, 3.8) is 0 Å². The molecule has 1 fully saturated rings. The van der Waals surface area contributed by atoms with Gasteiger partial charge < -0.3 is 9.64 Å². The number of amides is 1. The average molecular weight is 171 g/mol. The Morgan fingerprint density at radius 2 is 2.25 bits per heavy atom. The van der Waals surface area contributed by atoms with Crippen molar-refractivity contribution in [2.24, 2.45) is 0 Å². The van der Waals surface area contributed by atoms with Crippen LogP contribution in [0.15, 0.2) is 0 Å². The molecular formula is C9H17NO2. The molecule has 1 amide bonds. The van der Waals surface area contributed by atoms with E-state index < -0.39 is 5.60 Å². The number of ether oxygens (including phenoxy) is 1. The molecule has 0 bridgehead atoms. The Morgan fingerprint density at radius 3 is 2.83 bits per heavy atom. The minimum atomic E-state index is -0.604. The molecule has 0 aliphatic carbocycles. The molecule has 3 heteroatoms. The van der Waals surface area contributed by atoms with E-state index in [0.717, 1.165) is 19.5 Å². The molecule has 0 spiro atoms. The fourth-order valence-electron chi connectivity index (χ4n) is 1.44. The first-order chi connectivity index (χ1) is 5.58. The minimum Gasteiger partial charge on any atom is -0.364 e. The van der Waals surface area contributed by atoms with E-state index in [1.54, 1.807) is 0 Å². The number of hydrogen-bond donors (Lipinski definition) is 0. The summed E-state index contributed by atoms with van der Waals surface area (Å²) in [5, 5.41) is 0. The third kappa shape index (κ3) is 1.78. The molecule has 1 aliphatic heterocycles. The van der Waals surface area contributed by atoms with Crippen LogP contribution in [0, 0.1) is 0 Å². The van der Waals surface area contributed by atoms with Gasteiger partial charge >= 0.3 is 0 Å². The molecule has 0 radical (unpaired) electrons. The summed E-state index contributed by atoms with van der Waals surface area (Å²) < 4.78 is 5.36. The van der Waals surface area contributed by atoms with E-state index in [1.807, 2.05) is 18.7 Å². The first-order valence-corrected chi connectivity index (χ1v) is 4.51. The van der Waals surface area contributed by atoms with Gasteiger partial charge in [-0.15, -0.1) is 0 Å². The summed E-state index contributed by atoms with van der Waals surface area (Å²) in [7, 11) is 0. The quantitative estimate of drug-likeness (QED) is 0.621. The van der Waals surface area contributed by atoms with Crippen LogP contribution >= 0.6 is 0 Å². The molecule has 0 aromatic carbocycles. The van der Waals surface area contributed by atoms with Gasteiger partial charge in [-0.3, -0.25) is 4.79 Å². The number of hydrogen-bond acceptors (Lipinski definition) is 2. The first kappa shape index (κ1) is 9.52. The van der Waals surface area contributed by atoms with Crippen LogP contribution in [0.5, 0.6) is 0 Å². The lowest BCUT2D eigenvalue weighted by molar-refractivity contribution is -0.165. The number of rotatable bonds is 2. The third-order valence-electron chi connectivity index (χ3n) is 2.12. The highest BCUT2D eigenvalue weighted by Gasteiger charge is 2.35. The van der Waals surface area contributed by atoms with Gasteiger partial charge in [0, 0.05) is 13.1 Å². The van der Waals surface area contributed by atoms with Crippen LogP contribution in [-0.2, 0) is 9.53 Å². The Bertz CT molecular complexity index is 175. The summed E-state index contributed by atoms with van der Waals surface area (Å²) in [5.41, 5.74) is -0.604. The fraction of sp³-hybridized carbons (Fsp3) is 0.889. The predicted octanol–water partition coefficient (Wildman–Crippen LogP) is 1.03. The van der Waals surface area contributed by atoms with Gasteiger partial charge in [0.2, 0.25) is 0 Å². The summed E-state index contributed by atoms with van der Waals surface area (Å²) >= 11 is 0. The monoisotopic (exact) mass is 171 g/mol. The maximum Gasteiger partial charge on any atom is 0.254 e. The molecule has 12 heavy (non-hydrogen) atoms. The van der Waals surface area contributed by atoms with Crippen molar-refractivity contribution in [1.29, 1.82) is 0 Å². The van der Waals surface area contributed by atoms with Crippen LogP contribution < -0.4 is 0 Å². The van der Waals surface area contributed by atoms with Gasteiger partial charge in [0.15, 0.2) is 0 Å². The van der Waals surface area contributed by atoms with Crippen molar-refractivity contribution >= 4 is 5.91 Å². The van der Waals surface area contributed by atoms with E-state index in [2.05, 4.69) is 6.92 Å². The van der Waals surface area contributed by atoms with Crippen LogP contribution in [-0.4, -0.2) is 36.1 Å². The molecule has 1 saturated heterocycles. The molecule has 0 aromatic heterocycles. The van der Waals surface area contributed by atoms with E-state index in [9.17, 15) is 4.79 Å². The summed E-state index contributed by atoms with van der Waals surface area (Å²) in [6, 6.07) is 0. The lowest BCUT2D eigenvalue weighted by Crippen LogP contribution is -2.53. The third-order valence-corrected chi connectivity index (χ3v) is 2.12. The van der Waals surface area contributed by atoms with Gasteiger partial charge in [0.25, 0.3) is 5.91 Å². The Balaban J connectivity index is 2.60. The van der Waals surface area contributed by atoms with Gasteiger partial charge in [-0.05, 0) is 20.3 Å². The average Bonchev–Trinajstić information content (AvgIpc) is 1.99. The van der Waals surface area contributed by atoms with E-state index in [-0.39, 0.29) is 5.91 Å². The summed E-state index contributed by atoms with van der Waals surface area (Å²) in [6.45, 7) is 8.00. The zero-order valence-electron chi connectivity index (χ0n) is 8.09. The van der Waals surface area contributed by atoms with Crippen molar-refractivity contribution in [1.82, 2.24) is 4.90 Å². The van der Waals surface area contributed by atoms with Crippen LogP contribution in [0.2, 0.25) is 0 Å². The number of carbonyl (C=O) groups is 1. The van der Waals surface area contributed by atoms with Gasteiger partial charge in [-0.2, -0.15) is 0 Å². The van der Waals surface area contributed by atoms with Gasteiger partial charge in [0.05, 0.1) is 6.61 Å². The Hall–Kier alpha value is -0.570. The predicted molar refractivity (Wildman–Crippen MR) is 46.9 cm³/mol. The first-order valence-electron chi connectivity index (χ1n) is 4.51. The SMILES string of the molecule is CCCN1CCOC(C)(C)C1=O. The second-order valence-corrected chi connectivity index (χ2v) is 3.65. The Morgan fingerprint density at radius 1 is 1.58 bits per heavy atom. The topological polar surface area (TPSA) is 29.5 Å². The summed E-state index contributed by atoms with van der Waals surface area (Å²) in [6.07, 6.45) is 1.02. The summed E-state index contributed by atoms with van der Waals surface area (Å²) in [5.74, 6) is 0.121. The van der Waals surface area contributed by atoms with Gasteiger partial charge in [0.1, 0.15) is 5.60 Å². The van der Waals surface area contributed by atoms with E-state index in [1.165, 1.54) is 0 Å². The maximum absolute atomic E-state index is 11.6. The molecule has 0 N–H and O–H groups in total. The second kappa shape index (κ2) is 3.44. The fourth-order valence-corrected chi connectivity index (χ4v) is 1.44. The molecule has 1 heterocycles. The molecule has 70 valence electrons. The van der Waals surface area contributed by atoms with Crippen molar-refractivity contribution in [3.8, 4) is 0 Å². The standard InChI is InChI=1S/C9H17NO2/c1-4-5-10-6-7-12-9(2,3)8(10)11/h4-7H2,1-3H3. The lowest BCUT2D eigenvalue weighted by Gasteiger charge is -2.37. The van der Waals surface area contributed by atoms with Crippen molar-refractivity contribution in [2.75, 3.05) is 19.7 Å². The molecule has 0 atom stereocenters. The number of carbonyl (C=O) groups excluding carboxylic acids is 1. The van der Waals surface area contributed by atoms with Crippen LogP contribution in [0.4, 0.5) is 0 Å². The van der Waals surface area contributed by atoms with Crippen LogP contribution in [0.25, 0.3) is 0 Å². The van der Waals surface area contributed by atoms with Gasteiger partial charge in [-0.25, -0.2) is 0 Å². The highest BCUT2D eigenvalue weighted by Crippen LogP contribution is 2.18. The van der Waals surface area contributed by atoms with Crippen molar-refractivity contribution in [2.45, 2.75) is 32.8 Å². The zero-order chi connectivity index (χ0) is 9.19. The molecule has 1 aliphatic rings. The number of nitrogens with zero attached hydrogens (tertiary/aromatic N) is 1. The molecule has 3 nitrogen and oxygen atoms in total. The van der Waals surface area contributed by atoms with E-state index in [0.29, 0.717) is 6.61 Å². The highest BCUT2D eigenvalue weighted by molar-refractivity contribution is 5.84. The van der Waals surface area contributed by atoms with Crippen molar-refractivity contribution < 1.29 is 9.53 Å². The smallest absolute Gasteiger partial charge is 0.254 e. The van der Waals surface area contributed by atoms with Gasteiger partial charge in [-0.1, -0.05) is 6.92 Å². The Labute approximate surface area is 73.7 Å². The minimum absolute atomic E-state index is 0.121. The molecular weight excluding hydrogens is 154 g/mol. The highest BCUT2D eigenvalue weighted by atomic mass is 16.5. The van der Waals surface area contributed by atoms with E-state index >= 15 is 0 Å². The summed E-state index contributed by atoms with van der Waals surface area (Å²) in [4.78, 5) is 13.5. The molecule has 1 rings (SSSR count). The normalized spacial score (nSPS) is 22.9. The second-order valence-electron chi connectivity index (χ2n) is 3.65. The lowest BCUT2D eigenvalue weighted by atomic mass is 10.1. The molecule has 0 unspecified atom stereocenters. The number of morpholine rings is 1. The maximum atomic E-state index is 11.6. The Kier molecular flexibility index (Phi) is 2.73. The van der Waals surface area contributed by atoms with Crippen LogP contribution in [0.3, 0.4) is 0 Å². The van der Waals surface area contributed by atoms with Crippen molar-refractivity contribution in [3.05, 3.63) is 0 Å². The van der Waals surface area contributed by atoms with Crippen LogP contribution in [0.1, 0.15) is 27.2 Å². The zero-order valence-corrected chi connectivity index (χ0v) is 8.09. The molecule has 0 saturated carbocycles.